The molecule has 4 N–H and O–H groups in total. The minimum absolute atomic E-state index is 0.00645. The molecule has 0 saturated heterocycles. The van der Waals surface area contributed by atoms with E-state index >= 15 is 0 Å². The van der Waals surface area contributed by atoms with Crippen LogP contribution in [-0.4, -0.2) is 33.3 Å². The highest BCUT2D eigenvalue weighted by atomic mass is 16.5. The molecule has 33 heavy (non-hydrogen) atoms. The van der Waals surface area contributed by atoms with E-state index in [0.29, 0.717) is 18.4 Å². The molecule has 2 atom stereocenters. The molecule has 0 aliphatic carbocycles. The molecule has 2 aromatic rings. The summed E-state index contributed by atoms with van der Waals surface area (Å²) in [6, 6.07) is 3.68. The van der Waals surface area contributed by atoms with Gasteiger partial charge in [-0.1, -0.05) is 23.8 Å². The predicted octanol–water partition coefficient (Wildman–Crippen LogP) is 5.32. The number of benzene rings is 2. The van der Waals surface area contributed by atoms with E-state index in [1.54, 1.807) is 0 Å². The lowest BCUT2D eigenvalue weighted by Crippen LogP contribution is -2.22. The van der Waals surface area contributed by atoms with Gasteiger partial charge in [-0.3, -0.25) is 4.79 Å². The van der Waals surface area contributed by atoms with Crippen molar-refractivity contribution < 1.29 is 34.7 Å². The van der Waals surface area contributed by atoms with E-state index in [1.807, 2.05) is 20.8 Å². The maximum atomic E-state index is 13.0. The number of methoxy groups -OCH3 is 1. The fourth-order valence-corrected chi connectivity index (χ4v) is 3.97. The number of hydrogen-bond acceptors (Lipinski definition) is 7. The van der Waals surface area contributed by atoms with Crippen molar-refractivity contribution in [1.82, 2.24) is 0 Å². The van der Waals surface area contributed by atoms with Gasteiger partial charge in [0.1, 0.15) is 34.7 Å². The Balaban J connectivity index is 2.08. The first-order chi connectivity index (χ1) is 15.5. The number of aromatic hydroxyl groups is 4. The molecular formula is C26H30O7. The van der Waals surface area contributed by atoms with E-state index in [0.717, 1.165) is 23.3 Å². The largest absolute Gasteiger partial charge is 0.507 e. The summed E-state index contributed by atoms with van der Waals surface area (Å²) in [5, 5.41) is 41.4. The van der Waals surface area contributed by atoms with Gasteiger partial charge >= 0.3 is 0 Å². The number of ether oxygens (including phenoxy) is 2. The second-order valence-electron chi connectivity index (χ2n) is 8.68. The van der Waals surface area contributed by atoms with Crippen molar-refractivity contribution in [3.63, 3.8) is 0 Å². The van der Waals surface area contributed by atoms with Gasteiger partial charge in [0, 0.05) is 23.3 Å². The smallest absolute Gasteiger partial charge is 0.174 e. The number of allylic oxidation sites excluding steroid dienone is 3. The van der Waals surface area contributed by atoms with Crippen LogP contribution < -0.4 is 9.47 Å². The molecule has 7 nitrogen and oxygen atoms in total. The Morgan fingerprint density at radius 1 is 1.12 bits per heavy atom. The van der Waals surface area contributed by atoms with Gasteiger partial charge in [-0.15, -0.1) is 0 Å². The van der Waals surface area contributed by atoms with Crippen molar-refractivity contribution in [1.29, 1.82) is 0 Å². The van der Waals surface area contributed by atoms with Gasteiger partial charge in [-0.25, -0.2) is 0 Å². The van der Waals surface area contributed by atoms with Crippen LogP contribution in [0.15, 0.2) is 42.0 Å². The van der Waals surface area contributed by atoms with Crippen molar-refractivity contribution >= 4 is 5.78 Å². The molecular weight excluding hydrogens is 424 g/mol. The lowest BCUT2D eigenvalue weighted by molar-refractivity contribution is 0.0838. The fraction of sp³-hybridized carbons (Fsp3) is 0.346. The number of fused-ring (bicyclic) bond motifs is 1. The summed E-state index contributed by atoms with van der Waals surface area (Å²) in [7, 11) is 1.37. The second kappa shape index (κ2) is 9.48. The average molecular weight is 455 g/mol. The highest BCUT2D eigenvalue weighted by Crippen LogP contribution is 2.48. The molecule has 0 fully saturated rings. The second-order valence-corrected chi connectivity index (χ2v) is 8.68. The van der Waals surface area contributed by atoms with E-state index in [4.69, 9.17) is 9.47 Å². The van der Waals surface area contributed by atoms with Gasteiger partial charge in [-0.2, -0.15) is 0 Å². The molecule has 1 heterocycles. The third-order valence-electron chi connectivity index (χ3n) is 5.88. The van der Waals surface area contributed by atoms with Gasteiger partial charge in [0.05, 0.1) is 13.5 Å². The number of hydrogen-bond donors (Lipinski definition) is 4. The standard InChI is InChI=1S/C26H30O7/c1-13(2)6-7-15(14(3)4)8-17-19(28)11-21(30)25-22(31)12-23(33-26(17)25)16-9-24(32-5)20(29)10-18(16)27/h6,9-11,15,23,27-30H,3,7-8,12H2,1-2,4-5H3/t15-,23+/m1/s1. The molecule has 0 bridgehead atoms. The molecule has 176 valence electrons. The van der Waals surface area contributed by atoms with Crippen LogP contribution in [0.3, 0.4) is 0 Å². The molecule has 0 spiro atoms. The summed E-state index contributed by atoms with van der Waals surface area (Å²) < 4.78 is 11.2. The van der Waals surface area contributed by atoms with Crippen molar-refractivity contribution in [2.24, 2.45) is 5.92 Å². The van der Waals surface area contributed by atoms with Crippen molar-refractivity contribution in [3.8, 4) is 34.5 Å². The van der Waals surface area contributed by atoms with Gasteiger partial charge in [-0.05, 0) is 45.6 Å². The summed E-state index contributed by atoms with van der Waals surface area (Å²) in [5.74, 6) is -1.27. The Labute approximate surface area is 193 Å². The molecule has 1 aliphatic heterocycles. The molecule has 7 heteroatoms. The number of carbonyl (C=O) groups excluding carboxylic acids is 1. The molecule has 0 unspecified atom stereocenters. The third-order valence-corrected chi connectivity index (χ3v) is 5.88. The molecule has 2 aromatic carbocycles. The molecule has 0 aromatic heterocycles. The van der Waals surface area contributed by atoms with Crippen LogP contribution in [0.2, 0.25) is 0 Å². The molecule has 3 rings (SSSR count). The Morgan fingerprint density at radius 3 is 2.39 bits per heavy atom. The highest BCUT2D eigenvalue weighted by molar-refractivity contribution is 6.03. The highest BCUT2D eigenvalue weighted by Gasteiger charge is 2.35. The van der Waals surface area contributed by atoms with Crippen molar-refractivity contribution in [2.45, 2.75) is 46.1 Å². The third kappa shape index (κ3) is 4.92. The van der Waals surface area contributed by atoms with Crippen LogP contribution in [0.4, 0.5) is 0 Å². The first-order valence-corrected chi connectivity index (χ1v) is 10.7. The normalized spacial score (nSPS) is 15.9. The van der Waals surface area contributed by atoms with E-state index < -0.39 is 6.10 Å². The van der Waals surface area contributed by atoms with Gasteiger partial charge in [0.15, 0.2) is 17.3 Å². The quantitative estimate of drug-likeness (QED) is 0.419. The summed E-state index contributed by atoms with van der Waals surface area (Å²) >= 11 is 0. The van der Waals surface area contributed by atoms with Crippen LogP contribution in [0.25, 0.3) is 0 Å². The maximum Gasteiger partial charge on any atom is 0.174 e. The van der Waals surface area contributed by atoms with Crippen LogP contribution in [0.5, 0.6) is 34.5 Å². The van der Waals surface area contributed by atoms with E-state index in [9.17, 15) is 25.2 Å². The first-order valence-electron chi connectivity index (χ1n) is 10.7. The summed E-state index contributed by atoms with van der Waals surface area (Å²) in [6.07, 6.45) is 2.08. The minimum atomic E-state index is -0.902. The summed E-state index contributed by atoms with van der Waals surface area (Å²) in [4.78, 5) is 13.0. The molecule has 0 saturated carbocycles. The van der Waals surface area contributed by atoms with Gasteiger partial charge < -0.3 is 29.9 Å². The van der Waals surface area contributed by atoms with E-state index in [2.05, 4.69) is 12.7 Å². The van der Waals surface area contributed by atoms with Crippen molar-refractivity contribution in [2.75, 3.05) is 7.11 Å². The number of ketones is 1. The zero-order valence-corrected chi connectivity index (χ0v) is 19.3. The SMILES string of the molecule is C=C(C)[C@H](CC=C(C)C)Cc1c(O)cc(O)c2c1O[C@H](c1cc(OC)c(O)cc1O)CC2=O. The van der Waals surface area contributed by atoms with Crippen LogP contribution >= 0.6 is 0 Å². The lowest BCUT2D eigenvalue weighted by atomic mass is 9.86. The topological polar surface area (TPSA) is 116 Å². The Hall–Kier alpha value is -3.61. The Bertz CT molecular complexity index is 1130. The van der Waals surface area contributed by atoms with E-state index in [1.165, 1.54) is 13.2 Å². The zero-order chi connectivity index (χ0) is 24.4. The zero-order valence-electron chi connectivity index (χ0n) is 19.3. The Kier molecular flexibility index (Phi) is 6.91. The van der Waals surface area contributed by atoms with Crippen LogP contribution in [0.1, 0.15) is 61.2 Å². The number of carbonyl (C=O) groups is 1. The van der Waals surface area contributed by atoms with Crippen LogP contribution in [0, 0.1) is 5.92 Å². The van der Waals surface area contributed by atoms with E-state index in [-0.39, 0.29) is 63.7 Å². The minimum Gasteiger partial charge on any atom is -0.507 e. The summed E-state index contributed by atoms with van der Waals surface area (Å²) in [5.41, 5.74) is 2.71. The van der Waals surface area contributed by atoms with Crippen LogP contribution in [-0.2, 0) is 6.42 Å². The molecule has 0 amide bonds. The van der Waals surface area contributed by atoms with Gasteiger partial charge in [0.25, 0.3) is 0 Å². The monoisotopic (exact) mass is 454 g/mol. The molecule has 1 aliphatic rings. The number of rotatable bonds is 7. The van der Waals surface area contributed by atoms with Crippen molar-refractivity contribution in [3.05, 3.63) is 58.7 Å². The Morgan fingerprint density at radius 2 is 1.79 bits per heavy atom. The maximum absolute atomic E-state index is 13.0. The predicted molar refractivity (Wildman–Crippen MR) is 124 cm³/mol. The lowest BCUT2D eigenvalue weighted by Gasteiger charge is -2.30. The number of phenols is 4. The number of Topliss-reactive ketones (excluding diaryl/α,β-unsaturated/α-hetero) is 1. The first kappa shape index (κ1) is 24.0. The average Bonchev–Trinajstić information content (AvgIpc) is 2.72. The number of phenolic OH excluding ortho intramolecular Hbond substituents is 4. The van der Waals surface area contributed by atoms with Gasteiger partial charge in [0.2, 0.25) is 0 Å². The molecule has 0 radical (unpaired) electrons. The fourth-order valence-electron chi connectivity index (χ4n) is 3.97. The summed E-state index contributed by atoms with van der Waals surface area (Å²) in [6.45, 7) is 9.97.